The molecular weight excluding hydrogens is 196 g/mol. The first-order valence-electron chi connectivity index (χ1n) is 7.25. The van der Waals surface area contributed by atoms with Gasteiger partial charge in [-0.2, -0.15) is 0 Å². The van der Waals surface area contributed by atoms with Gasteiger partial charge in [0.2, 0.25) is 0 Å². The molecule has 1 fully saturated rings. The second kappa shape index (κ2) is 8.08. The van der Waals surface area contributed by atoms with Crippen LogP contribution in [-0.4, -0.2) is 36.6 Å². The van der Waals surface area contributed by atoms with E-state index in [1.807, 2.05) is 0 Å². The summed E-state index contributed by atoms with van der Waals surface area (Å²) in [4.78, 5) is 2.71. The quantitative estimate of drug-likeness (QED) is 0.749. The van der Waals surface area contributed by atoms with Gasteiger partial charge in [-0.3, -0.25) is 4.90 Å². The number of nitrogens with one attached hydrogen (secondary N) is 1. The summed E-state index contributed by atoms with van der Waals surface area (Å²) in [5, 5.41) is 3.60. The van der Waals surface area contributed by atoms with Crippen LogP contribution in [0.3, 0.4) is 0 Å². The van der Waals surface area contributed by atoms with Gasteiger partial charge >= 0.3 is 0 Å². The summed E-state index contributed by atoms with van der Waals surface area (Å²) in [5.41, 5.74) is 0. The SMILES string of the molecule is CCC(C)NCCN1CCCCCC1CC. The van der Waals surface area contributed by atoms with Gasteiger partial charge in [-0.05, 0) is 39.2 Å². The van der Waals surface area contributed by atoms with E-state index in [1.165, 1.54) is 51.6 Å². The van der Waals surface area contributed by atoms with Crippen molar-refractivity contribution < 1.29 is 0 Å². The molecule has 0 aromatic carbocycles. The van der Waals surface area contributed by atoms with Crippen molar-refractivity contribution in [3.63, 3.8) is 0 Å². The minimum Gasteiger partial charge on any atom is -0.313 e. The largest absolute Gasteiger partial charge is 0.313 e. The van der Waals surface area contributed by atoms with Crippen LogP contribution in [-0.2, 0) is 0 Å². The third kappa shape index (κ3) is 4.84. The number of rotatable bonds is 6. The monoisotopic (exact) mass is 226 g/mol. The Labute approximate surface area is 102 Å². The van der Waals surface area contributed by atoms with Crippen LogP contribution in [0.25, 0.3) is 0 Å². The summed E-state index contributed by atoms with van der Waals surface area (Å²) < 4.78 is 0. The van der Waals surface area contributed by atoms with Gasteiger partial charge in [-0.1, -0.05) is 26.7 Å². The summed E-state index contributed by atoms with van der Waals surface area (Å²) in [7, 11) is 0. The van der Waals surface area contributed by atoms with Crippen molar-refractivity contribution in [1.82, 2.24) is 10.2 Å². The zero-order valence-electron chi connectivity index (χ0n) is 11.5. The molecular formula is C14H30N2. The van der Waals surface area contributed by atoms with Crippen molar-refractivity contribution in [2.45, 2.75) is 71.4 Å². The smallest absolute Gasteiger partial charge is 0.0110 e. The lowest BCUT2D eigenvalue weighted by atomic mass is 10.1. The molecule has 1 N–H and O–H groups in total. The normalized spacial score (nSPS) is 25.3. The molecule has 0 spiro atoms. The maximum Gasteiger partial charge on any atom is 0.0110 e. The molecule has 0 aromatic rings. The summed E-state index contributed by atoms with van der Waals surface area (Å²) in [6.45, 7) is 10.6. The maximum atomic E-state index is 3.60. The van der Waals surface area contributed by atoms with E-state index in [1.54, 1.807) is 0 Å². The van der Waals surface area contributed by atoms with Crippen LogP contribution in [0.4, 0.5) is 0 Å². The molecule has 0 radical (unpaired) electrons. The molecule has 1 aliphatic rings. The second-order valence-corrected chi connectivity index (χ2v) is 5.21. The first-order chi connectivity index (χ1) is 7.77. The number of hydrogen-bond acceptors (Lipinski definition) is 2. The summed E-state index contributed by atoms with van der Waals surface area (Å²) >= 11 is 0. The van der Waals surface area contributed by atoms with Crippen LogP contribution in [0.2, 0.25) is 0 Å². The molecule has 1 rings (SSSR count). The third-order valence-electron chi connectivity index (χ3n) is 3.97. The van der Waals surface area contributed by atoms with E-state index in [-0.39, 0.29) is 0 Å². The predicted molar refractivity (Wildman–Crippen MR) is 71.9 cm³/mol. The minimum absolute atomic E-state index is 0.673. The standard InChI is InChI=1S/C14H30N2/c1-4-13(3)15-10-12-16-11-8-6-7-9-14(16)5-2/h13-15H,4-12H2,1-3H3. The highest BCUT2D eigenvalue weighted by molar-refractivity contribution is 4.75. The zero-order valence-corrected chi connectivity index (χ0v) is 11.5. The Bertz CT molecular complexity index is 170. The Morgan fingerprint density at radius 2 is 2.06 bits per heavy atom. The molecule has 2 nitrogen and oxygen atoms in total. The lowest BCUT2D eigenvalue weighted by Gasteiger charge is -2.29. The first kappa shape index (κ1) is 14.0. The van der Waals surface area contributed by atoms with Gasteiger partial charge in [0.15, 0.2) is 0 Å². The van der Waals surface area contributed by atoms with E-state index in [0.29, 0.717) is 6.04 Å². The van der Waals surface area contributed by atoms with Gasteiger partial charge < -0.3 is 5.32 Å². The summed E-state index contributed by atoms with van der Waals surface area (Å²) in [6, 6.07) is 1.52. The predicted octanol–water partition coefficient (Wildman–Crippen LogP) is 3.03. The van der Waals surface area contributed by atoms with Crippen molar-refractivity contribution in [3.05, 3.63) is 0 Å². The van der Waals surface area contributed by atoms with Crippen molar-refractivity contribution in [2.75, 3.05) is 19.6 Å². The van der Waals surface area contributed by atoms with E-state index < -0.39 is 0 Å². The van der Waals surface area contributed by atoms with Crippen molar-refractivity contribution in [3.8, 4) is 0 Å². The van der Waals surface area contributed by atoms with Gasteiger partial charge in [0, 0.05) is 25.2 Å². The van der Waals surface area contributed by atoms with Gasteiger partial charge in [0.05, 0.1) is 0 Å². The molecule has 2 heteroatoms. The number of likely N-dealkylation sites (tertiary alicyclic amines) is 1. The molecule has 0 saturated carbocycles. The molecule has 0 amide bonds. The van der Waals surface area contributed by atoms with Crippen LogP contribution in [0.15, 0.2) is 0 Å². The van der Waals surface area contributed by atoms with Crippen molar-refractivity contribution in [1.29, 1.82) is 0 Å². The Hall–Kier alpha value is -0.0800. The van der Waals surface area contributed by atoms with Crippen molar-refractivity contribution in [2.24, 2.45) is 0 Å². The fourth-order valence-corrected chi connectivity index (χ4v) is 2.59. The van der Waals surface area contributed by atoms with Gasteiger partial charge in [-0.25, -0.2) is 0 Å². The van der Waals surface area contributed by atoms with E-state index in [4.69, 9.17) is 0 Å². The summed E-state index contributed by atoms with van der Waals surface area (Å²) in [5.74, 6) is 0. The molecule has 1 heterocycles. The van der Waals surface area contributed by atoms with Crippen LogP contribution in [0.5, 0.6) is 0 Å². The van der Waals surface area contributed by atoms with Gasteiger partial charge in [0.1, 0.15) is 0 Å². The zero-order chi connectivity index (χ0) is 11.8. The fraction of sp³-hybridized carbons (Fsp3) is 1.00. The van der Waals surface area contributed by atoms with E-state index in [2.05, 4.69) is 31.0 Å². The molecule has 0 aliphatic carbocycles. The van der Waals surface area contributed by atoms with E-state index >= 15 is 0 Å². The average Bonchev–Trinajstić information content (AvgIpc) is 2.53. The molecule has 1 aliphatic heterocycles. The Balaban J connectivity index is 2.25. The Morgan fingerprint density at radius 3 is 2.75 bits per heavy atom. The first-order valence-corrected chi connectivity index (χ1v) is 7.25. The van der Waals surface area contributed by atoms with Crippen LogP contribution >= 0.6 is 0 Å². The second-order valence-electron chi connectivity index (χ2n) is 5.21. The van der Waals surface area contributed by atoms with Crippen LogP contribution in [0, 0.1) is 0 Å². The van der Waals surface area contributed by atoms with E-state index in [9.17, 15) is 0 Å². The molecule has 0 bridgehead atoms. The topological polar surface area (TPSA) is 15.3 Å². The van der Waals surface area contributed by atoms with Crippen molar-refractivity contribution >= 4 is 0 Å². The fourth-order valence-electron chi connectivity index (χ4n) is 2.59. The number of hydrogen-bond donors (Lipinski definition) is 1. The molecule has 96 valence electrons. The van der Waals surface area contributed by atoms with Gasteiger partial charge in [-0.15, -0.1) is 0 Å². The molecule has 0 aromatic heterocycles. The molecule has 2 unspecified atom stereocenters. The number of nitrogens with zero attached hydrogens (tertiary/aromatic N) is 1. The maximum absolute atomic E-state index is 3.60. The molecule has 1 saturated heterocycles. The summed E-state index contributed by atoms with van der Waals surface area (Å²) in [6.07, 6.45) is 8.25. The highest BCUT2D eigenvalue weighted by Gasteiger charge is 2.18. The highest BCUT2D eigenvalue weighted by Crippen LogP contribution is 2.18. The third-order valence-corrected chi connectivity index (χ3v) is 3.97. The molecule has 2 atom stereocenters. The Kier molecular flexibility index (Phi) is 7.06. The lowest BCUT2D eigenvalue weighted by molar-refractivity contribution is 0.193. The van der Waals surface area contributed by atoms with E-state index in [0.717, 1.165) is 12.6 Å². The highest BCUT2D eigenvalue weighted by atomic mass is 15.2. The van der Waals surface area contributed by atoms with Gasteiger partial charge in [0.25, 0.3) is 0 Å². The minimum atomic E-state index is 0.673. The Morgan fingerprint density at radius 1 is 1.25 bits per heavy atom. The lowest BCUT2D eigenvalue weighted by Crippen LogP contribution is -2.41. The van der Waals surface area contributed by atoms with Crippen LogP contribution < -0.4 is 5.32 Å². The average molecular weight is 226 g/mol. The molecule has 16 heavy (non-hydrogen) atoms. The van der Waals surface area contributed by atoms with Crippen LogP contribution in [0.1, 0.15) is 59.3 Å².